The normalized spacial score (nSPS) is 12.6. The number of carbonyl (C=O) groups is 2. The molecule has 1 atom stereocenters. The first kappa shape index (κ1) is 19.2. The summed E-state index contributed by atoms with van der Waals surface area (Å²) in [6, 6.07) is 6.56. The Balaban J connectivity index is 2.65. The lowest BCUT2D eigenvalue weighted by molar-refractivity contribution is 0.0921. The molecular weight excluding hydrogens is 292 g/mol. The molecule has 0 aromatic heterocycles. The molecule has 5 heteroatoms. The van der Waals surface area contributed by atoms with Crippen LogP contribution in [0.4, 0.5) is 0 Å². The maximum atomic E-state index is 12.1. The summed E-state index contributed by atoms with van der Waals surface area (Å²) >= 11 is 0. The highest BCUT2D eigenvalue weighted by molar-refractivity contribution is 5.97. The molecule has 5 nitrogen and oxygen atoms in total. The molecule has 0 heterocycles. The molecule has 0 saturated carbocycles. The molecule has 0 saturated heterocycles. The molecule has 128 valence electrons. The van der Waals surface area contributed by atoms with Crippen LogP contribution in [0, 0.1) is 5.41 Å². The van der Waals surface area contributed by atoms with Crippen LogP contribution in [0.3, 0.4) is 0 Å². The highest BCUT2D eigenvalue weighted by Gasteiger charge is 2.15. The van der Waals surface area contributed by atoms with Crippen LogP contribution < -0.4 is 10.6 Å². The van der Waals surface area contributed by atoms with Gasteiger partial charge in [-0.05, 0) is 42.5 Å². The van der Waals surface area contributed by atoms with Crippen molar-refractivity contribution in [2.24, 2.45) is 5.41 Å². The van der Waals surface area contributed by atoms with Crippen LogP contribution in [0.25, 0.3) is 0 Å². The van der Waals surface area contributed by atoms with Crippen LogP contribution in [-0.2, 0) is 0 Å². The Bertz CT molecular complexity index is 518. The minimum absolute atomic E-state index is 0.0252. The Morgan fingerprint density at radius 1 is 1.09 bits per heavy atom. The van der Waals surface area contributed by atoms with E-state index in [9.17, 15) is 9.59 Å². The van der Waals surface area contributed by atoms with Gasteiger partial charge in [-0.15, -0.1) is 0 Å². The zero-order chi connectivity index (χ0) is 17.5. The smallest absolute Gasteiger partial charge is 0.251 e. The van der Waals surface area contributed by atoms with E-state index in [1.807, 2.05) is 6.92 Å². The number of aliphatic hydroxyl groups excluding tert-OH is 1. The molecule has 0 aliphatic heterocycles. The van der Waals surface area contributed by atoms with E-state index in [4.69, 9.17) is 5.11 Å². The Hall–Kier alpha value is -1.88. The van der Waals surface area contributed by atoms with E-state index in [0.29, 0.717) is 24.1 Å². The topological polar surface area (TPSA) is 78.4 Å². The summed E-state index contributed by atoms with van der Waals surface area (Å²) in [6.07, 6.45) is 1.30. The fourth-order valence-corrected chi connectivity index (χ4v) is 2.02. The predicted octanol–water partition coefficient (Wildman–Crippen LogP) is 2.35. The fourth-order valence-electron chi connectivity index (χ4n) is 2.02. The summed E-state index contributed by atoms with van der Waals surface area (Å²) in [4.78, 5) is 24.2. The summed E-state index contributed by atoms with van der Waals surface area (Å²) in [5, 5.41) is 14.7. The molecule has 0 fully saturated rings. The molecular formula is C18H28N2O3. The zero-order valence-electron chi connectivity index (χ0n) is 14.5. The third-order valence-corrected chi connectivity index (χ3v) is 3.49. The molecule has 1 aromatic rings. The number of nitrogens with one attached hydrogen (secondary N) is 2. The van der Waals surface area contributed by atoms with Gasteiger partial charge >= 0.3 is 0 Å². The lowest BCUT2D eigenvalue weighted by Crippen LogP contribution is -2.35. The van der Waals surface area contributed by atoms with E-state index in [0.717, 1.165) is 6.42 Å². The van der Waals surface area contributed by atoms with Crippen molar-refractivity contribution in [2.45, 2.75) is 46.6 Å². The number of aliphatic hydroxyl groups is 1. The summed E-state index contributed by atoms with van der Waals surface area (Å²) in [5.41, 5.74) is 1.07. The van der Waals surface area contributed by atoms with Gasteiger partial charge in [-0.3, -0.25) is 9.59 Å². The van der Waals surface area contributed by atoms with Crippen LogP contribution in [0.1, 0.15) is 61.3 Å². The van der Waals surface area contributed by atoms with E-state index in [2.05, 4.69) is 31.4 Å². The van der Waals surface area contributed by atoms with Crippen LogP contribution in [-0.4, -0.2) is 36.1 Å². The quantitative estimate of drug-likeness (QED) is 0.721. The van der Waals surface area contributed by atoms with E-state index in [-0.39, 0.29) is 29.9 Å². The molecule has 0 aliphatic rings. The molecule has 1 unspecified atom stereocenters. The summed E-state index contributed by atoms with van der Waals surface area (Å²) in [5.74, 6) is -0.328. The van der Waals surface area contributed by atoms with Crippen molar-refractivity contribution < 1.29 is 14.7 Å². The highest BCUT2D eigenvalue weighted by Crippen LogP contribution is 2.11. The largest absolute Gasteiger partial charge is 0.396 e. The average molecular weight is 320 g/mol. The molecule has 2 amide bonds. The van der Waals surface area contributed by atoms with Crippen molar-refractivity contribution in [3.05, 3.63) is 35.4 Å². The first-order valence-electron chi connectivity index (χ1n) is 8.07. The standard InChI is InChI=1S/C18H28N2O3/c1-5-15(10-11-21)20-17(23)14-8-6-13(7-9-14)16(22)19-12-18(2,3)4/h6-9,15,21H,5,10-12H2,1-4H3,(H,19,22)(H,20,23). The van der Waals surface area contributed by atoms with Crippen molar-refractivity contribution in [1.29, 1.82) is 0 Å². The number of carbonyl (C=O) groups excluding carboxylic acids is 2. The Morgan fingerprint density at radius 3 is 2.04 bits per heavy atom. The third-order valence-electron chi connectivity index (χ3n) is 3.49. The van der Waals surface area contributed by atoms with E-state index in [1.165, 1.54) is 0 Å². The first-order valence-corrected chi connectivity index (χ1v) is 8.07. The molecule has 3 N–H and O–H groups in total. The van der Waals surface area contributed by atoms with Crippen LogP contribution in [0.5, 0.6) is 0 Å². The van der Waals surface area contributed by atoms with Gasteiger partial charge in [-0.25, -0.2) is 0 Å². The second kappa shape index (κ2) is 8.67. The summed E-state index contributed by atoms with van der Waals surface area (Å²) in [7, 11) is 0. The van der Waals surface area contributed by atoms with Crippen molar-refractivity contribution in [3.8, 4) is 0 Å². The van der Waals surface area contributed by atoms with Gasteiger partial charge in [0.15, 0.2) is 0 Å². The molecule has 0 aliphatic carbocycles. The first-order chi connectivity index (χ1) is 10.8. The van der Waals surface area contributed by atoms with Gasteiger partial charge in [0.25, 0.3) is 11.8 Å². The Kier molecular flexibility index (Phi) is 7.23. The van der Waals surface area contributed by atoms with E-state index < -0.39 is 0 Å². The second-order valence-electron chi connectivity index (χ2n) is 6.91. The third kappa shape index (κ3) is 6.82. The van der Waals surface area contributed by atoms with Crippen molar-refractivity contribution in [2.75, 3.05) is 13.2 Å². The molecule has 0 radical (unpaired) electrons. The molecule has 0 spiro atoms. The molecule has 1 rings (SSSR count). The number of amides is 2. The van der Waals surface area contributed by atoms with Crippen molar-refractivity contribution in [3.63, 3.8) is 0 Å². The minimum Gasteiger partial charge on any atom is -0.396 e. The van der Waals surface area contributed by atoms with Crippen molar-refractivity contribution in [1.82, 2.24) is 10.6 Å². The summed E-state index contributed by atoms with van der Waals surface area (Å²) < 4.78 is 0. The maximum Gasteiger partial charge on any atom is 0.251 e. The van der Waals surface area contributed by atoms with Gasteiger partial charge in [0.1, 0.15) is 0 Å². The molecule has 23 heavy (non-hydrogen) atoms. The lowest BCUT2D eigenvalue weighted by atomic mass is 9.97. The van der Waals surface area contributed by atoms with Crippen molar-refractivity contribution >= 4 is 11.8 Å². The fraction of sp³-hybridized carbons (Fsp3) is 0.556. The number of rotatable bonds is 7. The number of benzene rings is 1. The van der Waals surface area contributed by atoms with Crippen LogP contribution in [0.2, 0.25) is 0 Å². The van der Waals surface area contributed by atoms with E-state index in [1.54, 1.807) is 24.3 Å². The summed E-state index contributed by atoms with van der Waals surface area (Å²) in [6.45, 7) is 8.76. The number of hydrogen-bond donors (Lipinski definition) is 3. The van der Waals surface area contributed by atoms with Gasteiger partial charge in [-0.1, -0.05) is 27.7 Å². The van der Waals surface area contributed by atoms with Gasteiger partial charge in [0, 0.05) is 30.3 Å². The Labute approximate surface area is 138 Å². The number of hydrogen-bond acceptors (Lipinski definition) is 3. The maximum absolute atomic E-state index is 12.1. The monoisotopic (exact) mass is 320 g/mol. The average Bonchev–Trinajstić information content (AvgIpc) is 2.51. The lowest BCUT2D eigenvalue weighted by Gasteiger charge is -2.18. The SMILES string of the molecule is CCC(CCO)NC(=O)c1ccc(C(=O)NCC(C)(C)C)cc1. The van der Waals surface area contributed by atoms with Crippen LogP contribution >= 0.6 is 0 Å². The Morgan fingerprint density at radius 2 is 1.61 bits per heavy atom. The molecule has 0 bridgehead atoms. The highest BCUT2D eigenvalue weighted by atomic mass is 16.3. The van der Waals surface area contributed by atoms with Gasteiger partial charge in [-0.2, -0.15) is 0 Å². The zero-order valence-corrected chi connectivity index (χ0v) is 14.5. The van der Waals surface area contributed by atoms with Crippen LogP contribution in [0.15, 0.2) is 24.3 Å². The second-order valence-corrected chi connectivity index (χ2v) is 6.91. The predicted molar refractivity (Wildman–Crippen MR) is 91.5 cm³/mol. The van der Waals surface area contributed by atoms with Gasteiger partial charge in [0.05, 0.1) is 0 Å². The minimum atomic E-state index is -0.188. The van der Waals surface area contributed by atoms with E-state index >= 15 is 0 Å². The molecule has 1 aromatic carbocycles. The van der Waals surface area contributed by atoms with Gasteiger partial charge in [0.2, 0.25) is 0 Å². The van der Waals surface area contributed by atoms with Gasteiger partial charge < -0.3 is 15.7 Å².